The number of halogens is 1. The van der Waals surface area contributed by atoms with Crippen molar-refractivity contribution in [2.24, 2.45) is 0 Å². The van der Waals surface area contributed by atoms with E-state index in [2.05, 4.69) is 5.32 Å². The Hall–Kier alpha value is -2.56. The summed E-state index contributed by atoms with van der Waals surface area (Å²) in [4.78, 5) is 12.0. The first-order valence-electron chi connectivity index (χ1n) is 6.07. The van der Waals surface area contributed by atoms with Gasteiger partial charge in [-0.15, -0.1) is 0 Å². The summed E-state index contributed by atoms with van der Waals surface area (Å²) in [6, 6.07) is 11.3. The SMILES string of the molecule is COc1ccccc1CNC(=O)c1ccc(F)c(N)c1. The molecule has 0 aromatic heterocycles. The third-order valence-corrected chi connectivity index (χ3v) is 2.89. The molecule has 0 fully saturated rings. The molecule has 0 unspecified atom stereocenters. The van der Waals surface area contributed by atoms with E-state index < -0.39 is 5.82 Å². The predicted octanol–water partition coefficient (Wildman–Crippen LogP) is 2.35. The highest BCUT2D eigenvalue weighted by atomic mass is 19.1. The Morgan fingerprint density at radius 1 is 1.30 bits per heavy atom. The molecule has 1 amide bonds. The van der Waals surface area contributed by atoms with E-state index in [1.54, 1.807) is 7.11 Å². The average Bonchev–Trinajstić information content (AvgIpc) is 2.47. The molecule has 2 aromatic carbocycles. The molecule has 20 heavy (non-hydrogen) atoms. The van der Waals surface area contributed by atoms with E-state index in [4.69, 9.17) is 10.5 Å². The number of nitrogens with one attached hydrogen (secondary N) is 1. The lowest BCUT2D eigenvalue weighted by molar-refractivity contribution is 0.0950. The van der Waals surface area contributed by atoms with E-state index in [1.807, 2.05) is 24.3 Å². The van der Waals surface area contributed by atoms with Crippen LogP contribution >= 0.6 is 0 Å². The number of methoxy groups -OCH3 is 1. The quantitative estimate of drug-likeness (QED) is 0.841. The van der Waals surface area contributed by atoms with Gasteiger partial charge in [-0.25, -0.2) is 4.39 Å². The number of nitrogens with two attached hydrogens (primary N) is 1. The van der Waals surface area contributed by atoms with Crippen molar-refractivity contribution in [3.05, 3.63) is 59.4 Å². The van der Waals surface area contributed by atoms with Crippen LogP contribution in [-0.4, -0.2) is 13.0 Å². The van der Waals surface area contributed by atoms with Gasteiger partial charge in [0.05, 0.1) is 12.8 Å². The van der Waals surface area contributed by atoms with Crippen molar-refractivity contribution >= 4 is 11.6 Å². The number of hydrogen-bond donors (Lipinski definition) is 2. The lowest BCUT2D eigenvalue weighted by Gasteiger charge is -2.10. The summed E-state index contributed by atoms with van der Waals surface area (Å²) in [5.74, 6) is -0.152. The fourth-order valence-electron chi connectivity index (χ4n) is 1.81. The van der Waals surface area contributed by atoms with Crippen LogP contribution in [0.15, 0.2) is 42.5 Å². The van der Waals surface area contributed by atoms with Crippen molar-refractivity contribution in [2.45, 2.75) is 6.54 Å². The first-order chi connectivity index (χ1) is 9.61. The Morgan fingerprint density at radius 3 is 2.75 bits per heavy atom. The van der Waals surface area contributed by atoms with Gasteiger partial charge in [-0.1, -0.05) is 18.2 Å². The fraction of sp³-hybridized carbons (Fsp3) is 0.133. The van der Waals surface area contributed by atoms with Gasteiger partial charge in [0.25, 0.3) is 5.91 Å². The van der Waals surface area contributed by atoms with Crippen molar-refractivity contribution < 1.29 is 13.9 Å². The third-order valence-electron chi connectivity index (χ3n) is 2.89. The standard InChI is InChI=1S/C15H15FN2O2/c1-20-14-5-3-2-4-11(14)9-18-15(19)10-6-7-12(16)13(17)8-10/h2-8H,9,17H2,1H3,(H,18,19). The minimum absolute atomic E-state index is 0.0464. The van der Waals surface area contributed by atoms with E-state index in [-0.39, 0.29) is 11.6 Å². The number of anilines is 1. The van der Waals surface area contributed by atoms with Crippen molar-refractivity contribution in [1.29, 1.82) is 0 Å². The highest BCUT2D eigenvalue weighted by molar-refractivity contribution is 5.95. The van der Waals surface area contributed by atoms with E-state index in [0.29, 0.717) is 17.9 Å². The zero-order valence-electron chi connectivity index (χ0n) is 11.0. The minimum Gasteiger partial charge on any atom is -0.496 e. The Labute approximate surface area is 116 Å². The predicted molar refractivity (Wildman–Crippen MR) is 75.0 cm³/mol. The Bertz CT molecular complexity index is 629. The van der Waals surface area contributed by atoms with Crippen LogP contribution in [0.4, 0.5) is 10.1 Å². The number of nitrogen functional groups attached to an aromatic ring is 1. The summed E-state index contributed by atoms with van der Waals surface area (Å²) in [5.41, 5.74) is 6.57. The maximum Gasteiger partial charge on any atom is 0.251 e. The van der Waals surface area contributed by atoms with Gasteiger partial charge in [0.1, 0.15) is 11.6 Å². The molecule has 5 heteroatoms. The second kappa shape index (κ2) is 6.06. The molecule has 2 aromatic rings. The second-order valence-corrected chi connectivity index (χ2v) is 4.23. The molecule has 4 nitrogen and oxygen atoms in total. The molecule has 0 atom stereocenters. The molecule has 3 N–H and O–H groups in total. The molecule has 0 heterocycles. The number of amides is 1. The third kappa shape index (κ3) is 3.06. The van der Waals surface area contributed by atoms with Crippen LogP contribution < -0.4 is 15.8 Å². The van der Waals surface area contributed by atoms with Crippen LogP contribution in [-0.2, 0) is 6.54 Å². The second-order valence-electron chi connectivity index (χ2n) is 4.23. The van der Waals surface area contributed by atoms with Crippen LogP contribution in [0.1, 0.15) is 15.9 Å². The Morgan fingerprint density at radius 2 is 2.05 bits per heavy atom. The van der Waals surface area contributed by atoms with Crippen LogP contribution in [0.25, 0.3) is 0 Å². The number of benzene rings is 2. The maximum atomic E-state index is 13.0. The summed E-state index contributed by atoms with van der Waals surface area (Å²) < 4.78 is 18.2. The molecule has 0 saturated carbocycles. The Kier molecular flexibility index (Phi) is 4.20. The van der Waals surface area contributed by atoms with Crippen LogP contribution in [0.3, 0.4) is 0 Å². The summed E-state index contributed by atoms with van der Waals surface area (Å²) >= 11 is 0. The van der Waals surface area contributed by atoms with Crippen molar-refractivity contribution in [3.8, 4) is 5.75 Å². The van der Waals surface area contributed by atoms with Crippen LogP contribution in [0.5, 0.6) is 5.75 Å². The Balaban J connectivity index is 2.06. The minimum atomic E-state index is -0.536. The van der Waals surface area contributed by atoms with Gasteiger partial charge in [-0.2, -0.15) is 0 Å². The van der Waals surface area contributed by atoms with E-state index in [9.17, 15) is 9.18 Å². The molecule has 0 saturated heterocycles. The molecule has 0 spiro atoms. The van der Waals surface area contributed by atoms with Crippen molar-refractivity contribution in [3.63, 3.8) is 0 Å². The van der Waals surface area contributed by atoms with Gasteiger partial charge < -0.3 is 15.8 Å². The van der Waals surface area contributed by atoms with Gasteiger partial charge in [0.15, 0.2) is 0 Å². The van der Waals surface area contributed by atoms with Gasteiger partial charge in [0.2, 0.25) is 0 Å². The zero-order chi connectivity index (χ0) is 14.5. The molecule has 2 rings (SSSR count). The maximum absolute atomic E-state index is 13.0. The lowest BCUT2D eigenvalue weighted by Crippen LogP contribution is -2.23. The number of carbonyl (C=O) groups excluding carboxylic acids is 1. The summed E-state index contributed by atoms with van der Waals surface area (Å²) in [6.07, 6.45) is 0. The van der Waals surface area contributed by atoms with Gasteiger partial charge in [-0.05, 0) is 24.3 Å². The molecular formula is C15H15FN2O2. The number of rotatable bonds is 4. The van der Waals surface area contributed by atoms with Crippen molar-refractivity contribution in [2.75, 3.05) is 12.8 Å². The number of hydrogen-bond acceptors (Lipinski definition) is 3. The van der Waals surface area contributed by atoms with Crippen LogP contribution in [0.2, 0.25) is 0 Å². The first kappa shape index (κ1) is 13.9. The highest BCUT2D eigenvalue weighted by Gasteiger charge is 2.09. The van der Waals surface area contributed by atoms with E-state index in [1.165, 1.54) is 18.2 Å². The topological polar surface area (TPSA) is 64.3 Å². The summed E-state index contributed by atoms with van der Waals surface area (Å²) in [5, 5.41) is 2.74. The van der Waals surface area contributed by atoms with Gasteiger partial charge in [-0.3, -0.25) is 4.79 Å². The normalized spacial score (nSPS) is 10.1. The highest BCUT2D eigenvalue weighted by Crippen LogP contribution is 2.17. The van der Waals surface area contributed by atoms with Gasteiger partial charge >= 0.3 is 0 Å². The molecule has 0 bridgehead atoms. The number of para-hydroxylation sites is 1. The smallest absolute Gasteiger partial charge is 0.251 e. The molecule has 0 aliphatic carbocycles. The van der Waals surface area contributed by atoms with E-state index in [0.717, 1.165) is 5.56 Å². The zero-order valence-corrected chi connectivity index (χ0v) is 11.0. The molecule has 0 aliphatic heterocycles. The van der Waals surface area contributed by atoms with Crippen LogP contribution in [0, 0.1) is 5.82 Å². The lowest BCUT2D eigenvalue weighted by atomic mass is 10.1. The fourth-order valence-corrected chi connectivity index (χ4v) is 1.81. The number of ether oxygens (including phenoxy) is 1. The van der Waals surface area contributed by atoms with E-state index >= 15 is 0 Å². The largest absolute Gasteiger partial charge is 0.496 e. The average molecular weight is 274 g/mol. The van der Waals surface area contributed by atoms with Crippen molar-refractivity contribution in [1.82, 2.24) is 5.32 Å². The summed E-state index contributed by atoms with van der Waals surface area (Å²) in [7, 11) is 1.57. The molecule has 0 aliphatic rings. The molecule has 0 radical (unpaired) electrons. The summed E-state index contributed by atoms with van der Waals surface area (Å²) in [6.45, 7) is 0.320. The molecular weight excluding hydrogens is 259 g/mol. The first-order valence-corrected chi connectivity index (χ1v) is 6.07. The monoisotopic (exact) mass is 274 g/mol. The molecule has 104 valence electrons. The number of carbonyl (C=O) groups is 1. The van der Waals surface area contributed by atoms with Gasteiger partial charge in [0, 0.05) is 17.7 Å².